The van der Waals surface area contributed by atoms with Crippen molar-refractivity contribution >= 4 is 29.2 Å². The van der Waals surface area contributed by atoms with Crippen LogP contribution in [-0.4, -0.2) is 42.2 Å². The van der Waals surface area contributed by atoms with Crippen molar-refractivity contribution in [1.29, 1.82) is 0 Å². The molecule has 1 radical (unpaired) electrons. The molecule has 0 aliphatic carbocycles. The van der Waals surface area contributed by atoms with Gasteiger partial charge < -0.3 is 15.2 Å². The number of hydrogen-bond acceptors (Lipinski definition) is 4. The molecule has 0 aliphatic heterocycles. The Kier molecular flexibility index (Phi) is 20.3. The largest absolute Gasteiger partial charge is 0.457 e. The van der Waals surface area contributed by atoms with Crippen LogP contribution in [0.2, 0.25) is 0 Å². The first kappa shape index (κ1) is 20.9. The number of ether oxygens (including phenoxy) is 1. The molecule has 91 valence electrons. The zero-order chi connectivity index (χ0) is 11.6. The summed E-state index contributed by atoms with van der Waals surface area (Å²) in [6.07, 6.45) is -0.595. The summed E-state index contributed by atoms with van der Waals surface area (Å²) in [5.41, 5.74) is 0. The van der Waals surface area contributed by atoms with Gasteiger partial charge >= 0.3 is 5.97 Å². The number of esters is 1. The van der Waals surface area contributed by atoms with Crippen LogP contribution in [0.1, 0.15) is 13.8 Å². The van der Waals surface area contributed by atoms with Gasteiger partial charge in [-0.25, -0.2) is 4.79 Å². The quantitative estimate of drug-likeness (QED) is 0.586. The Bertz CT molecular complexity index is 150. The summed E-state index contributed by atoms with van der Waals surface area (Å²) >= 11 is 10.4. The van der Waals surface area contributed by atoms with E-state index in [0.717, 1.165) is 0 Å². The number of aliphatic hydroxyl groups is 1. The first-order chi connectivity index (χ1) is 6.61. The second-order valence-corrected chi connectivity index (χ2v) is 3.20. The van der Waals surface area contributed by atoms with E-state index in [1.807, 2.05) is 13.8 Å². The van der Waals surface area contributed by atoms with Crippen molar-refractivity contribution in [1.82, 2.24) is 5.32 Å². The van der Waals surface area contributed by atoms with Gasteiger partial charge in [0, 0.05) is 25.1 Å². The van der Waals surface area contributed by atoms with Crippen molar-refractivity contribution in [3.63, 3.8) is 0 Å². The van der Waals surface area contributed by atoms with Gasteiger partial charge in [-0.1, -0.05) is 37.0 Å². The number of alkyl halides is 2. The molecule has 0 aromatic carbocycles. The minimum Gasteiger partial charge on any atom is -0.457 e. The predicted octanol–water partition coefficient (Wildman–Crippen LogP) is 0.937. The molecule has 4 nitrogen and oxygen atoms in total. The molecule has 0 saturated heterocycles. The van der Waals surface area contributed by atoms with Crippen molar-refractivity contribution in [2.45, 2.75) is 24.8 Å². The third-order valence-corrected chi connectivity index (χ3v) is 1.45. The van der Waals surface area contributed by atoms with Crippen LogP contribution in [0.4, 0.5) is 0 Å². The molecule has 7 heteroatoms. The summed E-state index contributed by atoms with van der Waals surface area (Å²) in [6.45, 7) is 4.11. The van der Waals surface area contributed by atoms with Gasteiger partial charge in [0.2, 0.25) is 4.84 Å². The number of likely N-dealkylation sites (N-methyl/N-ethyl adjacent to an activating group) is 1. The molecule has 0 aromatic rings. The number of carbonyl (C=O) groups is 1. The third-order valence-electron chi connectivity index (χ3n) is 1.10. The van der Waals surface area contributed by atoms with Crippen LogP contribution in [0.5, 0.6) is 0 Å². The summed E-state index contributed by atoms with van der Waals surface area (Å²) < 4.78 is 4.69. The fourth-order valence-corrected chi connectivity index (χ4v) is 0.690. The summed E-state index contributed by atoms with van der Waals surface area (Å²) in [6, 6.07) is 0. The number of aliphatic hydroxyl groups excluding tert-OH is 1. The van der Waals surface area contributed by atoms with Crippen LogP contribution >= 0.6 is 23.2 Å². The van der Waals surface area contributed by atoms with Gasteiger partial charge in [-0.05, 0) is 7.05 Å². The van der Waals surface area contributed by atoms with Gasteiger partial charge in [0.1, 0.15) is 6.10 Å². The Morgan fingerprint density at radius 3 is 2.20 bits per heavy atom. The van der Waals surface area contributed by atoms with E-state index in [1.165, 1.54) is 0 Å². The summed E-state index contributed by atoms with van der Waals surface area (Å²) in [7, 11) is 1.68. The van der Waals surface area contributed by atoms with Crippen molar-refractivity contribution in [3.05, 3.63) is 0 Å². The third kappa shape index (κ3) is 12.5. The minimum atomic E-state index is -1.20. The van der Waals surface area contributed by atoms with Crippen LogP contribution in [-0.2, 0) is 28.1 Å². The van der Waals surface area contributed by atoms with Crippen molar-refractivity contribution in [2.75, 3.05) is 20.2 Å². The number of halogens is 2. The number of hydrogen-bond donors (Lipinski definition) is 2. The first-order valence-corrected chi connectivity index (χ1v) is 5.23. The van der Waals surface area contributed by atoms with Gasteiger partial charge in [-0.2, -0.15) is 0 Å². The van der Waals surface area contributed by atoms with Crippen LogP contribution in [0.3, 0.4) is 0 Å². The molecular formula is C8H17Cl2NO3V. The zero-order valence-corrected chi connectivity index (χ0v) is 11.9. The average molecular weight is 297 g/mol. The Balaban J connectivity index is -0.000000449. The fourth-order valence-electron chi connectivity index (χ4n) is 0.587. The number of nitrogens with one attached hydrogen (secondary N) is 1. The molecule has 0 rings (SSSR count). The Labute approximate surface area is 113 Å². The van der Waals surface area contributed by atoms with Crippen molar-refractivity contribution in [3.8, 4) is 0 Å². The van der Waals surface area contributed by atoms with Gasteiger partial charge in [-0.3, -0.25) is 0 Å². The van der Waals surface area contributed by atoms with E-state index >= 15 is 0 Å². The first-order valence-electron chi connectivity index (χ1n) is 4.36. The molecule has 15 heavy (non-hydrogen) atoms. The smallest absolute Gasteiger partial charge is 0.339 e. The van der Waals surface area contributed by atoms with Crippen LogP contribution in [0, 0.1) is 0 Å². The predicted molar refractivity (Wildman–Crippen MR) is 57.7 cm³/mol. The van der Waals surface area contributed by atoms with Gasteiger partial charge in [0.15, 0.2) is 0 Å². The van der Waals surface area contributed by atoms with Gasteiger partial charge in [0.25, 0.3) is 0 Å². The molecular weight excluding hydrogens is 280 g/mol. The summed E-state index contributed by atoms with van der Waals surface area (Å²) in [4.78, 5) is 9.56. The second kappa shape index (κ2) is 14.6. The Morgan fingerprint density at radius 2 is 1.93 bits per heavy atom. The van der Waals surface area contributed by atoms with E-state index in [9.17, 15) is 4.79 Å². The fraction of sp³-hybridized carbons (Fsp3) is 0.875. The molecule has 1 atom stereocenters. The average Bonchev–Trinajstić information content (AvgIpc) is 2.19. The monoisotopic (exact) mass is 296 g/mol. The topological polar surface area (TPSA) is 58.6 Å². The van der Waals surface area contributed by atoms with E-state index < -0.39 is 16.9 Å². The number of rotatable bonds is 5. The molecule has 0 saturated carbocycles. The van der Waals surface area contributed by atoms with Gasteiger partial charge in [0.05, 0.1) is 6.61 Å². The molecule has 1 unspecified atom stereocenters. The van der Waals surface area contributed by atoms with Crippen LogP contribution in [0.15, 0.2) is 0 Å². The Morgan fingerprint density at radius 1 is 1.47 bits per heavy atom. The SMILES string of the molecule is CC.CNCC(CO)OC(=O)C(Cl)Cl.[V]. The maximum atomic E-state index is 10.8. The van der Waals surface area contributed by atoms with Crippen LogP contribution < -0.4 is 5.32 Å². The molecule has 2 N–H and O–H groups in total. The normalized spacial score (nSPS) is 10.9. The van der Waals surface area contributed by atoms with Crippen molar-refractivity contribution < 1.29 is 33.2 Å². The molecule has 0 aromatic heterocycles. The van der Waals surface area contributed by atoms with E-state index in [2.05, 4.69) is 10.1 Å². The maximum absolute atomic E-state index is 10.8. The zero-order valence-electron chi connectivity index (χ0n) is 9.04. The Hall–Kier alpha value is 0.554. The molecule has 0 aliphatic rings. The standard InChI is InChI=1S/C6H11Cl2NO3.C2H6.V/c1-9-2-4(3-10)12-6(11)5(7)8;1-2;/h4-5,9-10H,2-3H2,1H3;1-2H3;. The molecule has 0 heterocycles. The van der Waals surface area contributed by atoms with E-state index in [-0.39, 0.29) is 25.2 Å². The summed E-state index contributed by atoms with van der Waals surface area (Å²) in [5.74, 6) is -0.743. The minimum absolute atomic E-state index is 0. The second-order valence-electron chi connectivity index (χ2n) is 2.10. The molecule has 0 spiro atoms. The van der Waals surface area contributed by atoms with E-state index in [1.54, 1.807) is 7.05 Å². The van der Waals surface area contributed by atoms with E-state index in [4.69, 9.17) is 28.3 Å². The van der Waals surface area contributed by atoms with Crippen molar-refractivity contribution in [2.24, 2.45) is 0 Å². The molecule has 0 bridgehead atoms. The molecule has 0 amide bonds. The molecule has 0 fully saturated rings. The maximum Gasteiger partial charge on any atom is 0.339 e. The van der Waals surface area contributed by atoms with E-state index in [0.29, 0.717) is 6.54 Å². The van der Waals surface area contributed by atoms with Crippen LogP contribution in [0.25, 0.3) is 0 Å². The number of carbonyl (C=O) groups excluding carboxylic acids is 1. The van der Waals surface area contributed by atoms with Gasteiger partial charge in [-0.15, -0.1) is 0 Å². The summed E-state index contributed by atoms with van der Waals surface area (Å²) in [5, 5.41) is 11.4.